The smallest absolute Gasteiger partial charge is 0.228 e. The lowest BCUT2D eigenvalue weighted by Gasteiger charge is -2.15. The van der Waals surface area contributed by atoms with E-state index in [0.29, 0.717) is 38.4 Å². The fourth-order valence-corrected chi connectivity index (χ4v) is 4.50. The van der Waals surface area contributed by atoms with Gasteiger partial charge in [-0.3, -0.25) is 16.9 Å². The molecule has 45 heavy (non-hydrogen) atoms. The highest BCUT2D eigenvalue weighted by atomic mass is 32.2. The van der Waals surface area contributed by atoms with E-state index in [-0.39, 0.29) is 18.0 Å². The van der Waals surface area contributed by atoms with Crippen LogP contribution in [0.4, 0.5) is 10.1 Å². The number of benzene rings is 2. The molecule has 0 bridgehead atoms. The molecule has 2 aliphatic rings. The summed E-state index contributed by atoms with van der Waals surface area (Å²) in [5.74, 6) is 6.81. The molecule has 0 N–H and O–H groups in total. The average molecular weight is 678 g/mol. The van der Waals surface area contributed by atoms with Gasteiger partial charge in [0.25, 0.3) is 0 Å². The number of aryl methyl sites for hydroxylation is 1. The molecule has 2 heterocycles. The monoisotopic (exact) mass is 677 g/mol. The molecular weight excluding hydrogens is 621 g/mol. The van der Waals surface area contributed by atoms with E-state index in [2.05, 4.69) is 44.0 Å². The second-order valence-corrected chi connectivity index (χ2v) is 13.0. The Morgan fingerprint density at radius 1 is 1.02 bits per heavy atom. The van der Waals surface area contributed by atoms with E-state index >= 15 is 0 Å². The first-order chi connectivity index (χ1) is 21.0. The topological polar surface area (TPSA) is 93.9 Å². The fourth-order valence-electron chi connectivity index (χ4n) is 2.99. The third kappa shape index (κ3) is 28.7. The summed E-state index contributed by atoms with van der Waals surface area (Å²) in [6, 6.07) is 17.5. The summed E-state index contributed by atoms with van der Waals surface area (Å²) >= 11 is 0. The quantitative estimate of drug-likeness (QED) is 0.241. The van der Waals surface area contributed by atoms with Crippen molar-refractivity contribution in [1.29, 1.82) is 0 Å². The van der Waals surface area contributed by atoms with Gasteiger partial charge in [-0.1, -0.05) is 67.9 Å². The predicted molar refractivity (Wildman–Crippen MR) is 189 cm³/mol. The SMILES string of the molecule is C=S(C)(=O)OCC.C=S1(=O)OCC(C)O1.CC.CC1COC(C)(C)O1.CF.Cc1ccccc1.[C-]#[N+]c1ccccc1OCC. The van der Waals surface area contributed by atoms with Crippen LogP contribution in [-0.4, -0.2) is 78.0 Å². The first-order valence-electron chi connectivity index (χ1n) is 14.5. The van der Waals surface area contributed by atoms with Gasteiger partial charge in [0.15, 0.2) is 15.9 Å². The molecular formula is C33H56FNO8S2. The van der Waals surface area contributed by atoms with E-state index in [0.717, 1.165) is 6.61 Å². The number of nitrogens with zero attached hydrogens (tertiary/aromatic N) is 1. The summed E-state index contributed by atoms with van der Waals surface area (Å²) in [4.78, 5) is 3.31. The molecule has 2 fully saturated rings. The largest absolute Gasteiger partial charge is 0.505 e. The maximum atomic E-state index is 10.6. The Labute approximate surface area is 273 Å². The minimum Gasteiger partial charge on any atom is -0.505 e. The lowest BCUT2D eigenvalue weighted by Crippen LogP contribution is -2.20. The van der Waals surface area contributed by atoms with E-state index in [1.54, 1.807) is 26.0 Å². The fraction of sp³-hybridized carbons (Fsp3) is 0.545. The van der Waals surface area contributed by atoms with Crippen LogP contribution in [0.3, 0.4) is 0 Å². The van der Waals surface area contributed by atoms with E-state index in [1.807, 2.05) is 71.9 Å². The molecule has 260 valence electrons. The molecule has 2 aromatic rings. The maximum absolute atomic E-state index is 10.6. The number of hydrogen-bond acceptors (Lipinski definition) is 8. The Balaban J connectivity index is -0.000000481. The van der Waals surface area contributed by atoms with Crippen molar-refractivity contribution in [2.75, 3.05) is 39.9 Å². The second-order valence-electron chi connectivity index (χ2n) is 9.39. The van der Waals surface area contributed by atoms with Gasteiger partial charge in [0.1, 0.15) is 5.75 Å². The molecule has 2 saturated heterocycles. The zero-order valence-electron chi connectivity index (χ0n) is 29.0. The van der Waals surface area contributed by atoms with Gasteiger partial charge in [-0.25, -0.2) is 13.3 Å². The summed E-state index contributed by atoms with van der Waals surface area (Å²) in [6.45, 7) is 26.4. The molecule has 2 aliphatic heterocycles. The minimum atomic E-state index is -2.60. The molecule has 4 atom stereocenters. The standard InChI is InChI=1S/C9H9NO.C7H8.C6H12O2.C4H8O3S.C4H10O2S.C2H6.CH3F/c1-3-11-9-7-5-4-6-8(9)10-2;1-7-5-3-2-4-6-7;1-5-4-7-6(2,3)8-5;1-4-3-6-8(2,5)7-4;1-4-6-7(2,3)5;2*1-2/h4-7H,3H2,1H3;2-6H,1H3;5H,4H2,1-3H3;4H,2-3H2,1H3;2,4H2,1,3H3;1-2H3;1H3. The molecule has 0 amide bonds. The van der Waals surface area contributed by atoms with Crippen molar-refractivity contribution in [3.8, 4) is 5.75 Å². The van der Waals surface area contributed by atoms with Crippen LogP contribution in [0.5, 0.6) is 5.75 Å². The van der Waals surface area contributed by atoms with Crippen LogP contribution in [0.1, 0.15) is 61.0 Å². The number of hydrogen-bond donors (Lipinski definition) is 0. The molecule has 12 heteroatoms. The summed E-state index contributed by atoms with van der Waals surface area (Å²) in [5, 5.41) is 0. The van der Waals surface area contributed by atoms with Crippen LogP contribution < -0.4 is 4.74 Å². The van der Waals surface area contributed by atoms with Crippen LogP contribution >= 0.6 is 0 Å². The maximum Gasteiger partial charge on any atom is 0.228 e. The summed E-state index contributed by atoms with van der Waals surface area (Å²) < 4.78 is 60.4. The van der Waals surface area contributed by atoms with Crippen LogP contribution in [0, 0.1) is 13.5 Å². The number of ether oxygens (including phenoxy) is 3. The van der Waals surface area contributed by atoms with Crippen molar-refractivity contribution in [3.63, 3.8) is 0 Å². The number of alkyl halides is 1. The molecule has 0 spiro atoms. The van der Waals surface area contributed by atoms with Gasteiger partial charge in [-0.2, -0.15) is 0 Å². The Bertz CT molecular complexity index is 1250. The normalized spacial score (nSPS) is 21.4. The molecule has 0 saturated carbocycles. The van der Waals surface area contributed by atoms with Gasteiger partial charge in [0.05, 0.1) is 62.2 Å². The summed E-state index contributed by atoms with van der Waals surface area (Å²) in [5.41, 5.74) is 1.90. The number of halogens is 1. The first kappa shape index (κ1) is 46.9. The van der Waals surface area contributed by atoms with Gasteiger partial charge < -0.3 is 14.2 Å². The first-order valence-corrected chi connectivity index (χ1v) is 18.1. The minimum absolute atomic E-state index is 0.0694. The second kappa shape index (κ2) is 26.7. The Morgan fingerprint density at radius 3 is 1.80 bits per heavy atom. The van der Waals surface area contributed by atoms with Gasteiger partial charge in [0, 0.05) is 12.1 Å². The van der Waals surface area contributed by atoms with Crippen molar-refractivity contribution in [3.05, 3.63) is 71.6 Å². The highest BCUT2D eigenvalue weighted by Gasteiger charge is 2.29. The lowest BCUT2D eigenvalue weighted by molar-refractivity contribution is -0.136. The molecule has 0 aliphatic carbocycles. The molecule has 9 nitrogen and oxygen atoms in total. The van der Waals surface area contributed by atoms with Crippen LogP contribution in [-0.2, 0) is 41.9 Å². The van der Waals surface area contributed by atoms with Crippen LogP contribution in [0.25, 0.3) is 4.85 Å². The van der Waals surface area contributed by atoms with Gasteiger partial charge in [0.2, 0.25) is 5.69 Å². The third-order valence-electron chi connectivity index (χ3n) is 4.54. The Hall–Kier alpha value is -2.50. The van der Waals surface area contributed by atoms with Crippen molar-refractivity contribution < 1.29 is 39.6 Å². The third-order valence-corrected chi connectivity index (χ3v) is 6.39. The average Bonchev–Trinajstić information content (AvgIpc) is 3.49. The Kier molecular flexibility index (Phi) is 27.8. The van der Waals surface area contributed by atoms with Crippen LogP contribution in [0.15, 0.2) is 54.6 Å². The summed E-state index contributed by atoms with van der Waals surface area (Å²) in [7, 11) is -4.27. The summed E-state index contributed by atoms with van der Waals surface area (Å²) in [6.07, 6.45) is 1.67. The highest BCUT2D eigenvalue weighted by molar-refractivity contribution is 7.95. The van der Waals surface area contributed by atoms with E-state index in [1.165, 1.54) is 11.8 Å². The van der Waals surface area contributed by atoms with Gasteiger partial charge >= 0.3 is 0 Å². The zero-order chi connectivity index (χ0) is 35.5. The molecule has 0 radical (unpaired) electrons. The van der Waals surface area contributed by atoms with E-state index in [4.69, 9.17) is 25.0 Å². The number of para-hydroxylation sites is 2. The van der Waals surface area contributed by atoms with Crippen molar-refractivity contribution in [1.82, 2.24) is 0 Å². The molecule has 4 rings (SSSR count). The van der Waals surface area contributed by atoms with Crippen molar-refractivity contribution >= 4 is 37.3 Å². The predicted octanol–water partition coefficient (Wildman–Crippen LogP) is 7.65. The molecule has 4 unspecified atom stereocenters. The number of rotatable bonds is 4. The van der Waals surface area contributed by atoms with Crippen LogP contribution in [0.2, 0.25) is 0 Å². The molecule has 2 aromatic carbocycles. The van der Waals surface area contributed by atoms with Crippen molar-refractivity contribution in [2.45, 2.75) is 80.3 Å². The van der Waals surface area contributed by atoms with Gasteiger partial charge in [-0.15, -0.1) is 0 Å². The Morgan fingerprint density at radius 2 is 1.56 bits per heavy atom. The molecule has 0 aromatic heterocycles. The van der Waals surface area contributed by atoms with Gasteiger partial charge in [-0.05, 0) is 60.4 Å². The van der Waals surface area contributed by atoms with E-state index in [9.17, 15) is 12.8 Å². The van der Waals surface area contributed by atoms with Crippen molar-refractivity contribution in [2.24, 2.45) is 0 Å². The lowest BCUT2D eigenvalue weighted by atomic mass is 10.2. The highest BCUT2D eigenvalue weighted by Crippen LogP contribution is 2.26. The van der Waals surface area contributed by atoms with E-state index < -0.39 is 19.9 Å². The zero-order valence-corrected chi connectivity index (χ0v) is 30.6.